The van der Waals surface area contributed by atoms with Crippen LogP contribution in [0.25, 0.3) is 0 Å². The second-order valence-electron chi connectivity index (χ2n) is 7.52. The van der Waals surface area contributed by atoms with Gasteiger partial charge in [0.1, 0.15) is 11.5 Å². The van der Waals surface area contributed by atoms with E-state index in [9.17, 15) is 4.79 Å². The maximum atomic E-state index is 12.1. The van der Waals surface area contributed by atoms with Crippen molar-refractivity contribution in [3.63, 3.8) is 0 Å². The van der Waals surface area contributed by atoms with Crippen molar-refractivity contribution in [3.05, 3.63) is 90.0 Å². The van der Waals surface area contributed by atoms with Gasteiger partial charge >= 0.3 is 0 Å². The van der Waals surface area contributed by atoms with Crippen molar-refractivity contribution in [1.82, 2.24) is 0 Å². The van der Waals surface area contributed by atoms with Gasteiger partial charge in [0.05, 0.1) is 6.61 Å². The lowest BCUT2D eigenvalue weighted by molar-refractivity contribution is -0.118. The van der Waals surface area contributed by atoms with E-state index in [1.807, 2.05) is 54.6 Å². The summed E-state index contributed by atoms with van der Waals surface area (Å²) in [6.45, 7) is 4.91. The fourth-order valence-electron chi connectivity index (χ4n) is 3.04. The largest absolute Gasteiger partial charge is 0.494 e. The average molecular weight is 404 g/mol. The van der Waals surface area contributed by atoms with Crippen molar-refractivity contribution in [2.75, 3.05) is 18.5 Å². The van der Waals surface area contributed by atoms with Crippen LogP contribution in [-0.4, -0.2) is 19.1 Å². The van der Waals surface area contributed by atoms with Gasteiger partial charge in [-0.05, 0) is 66.3 Å². The topological polar surface area (TPSA) is 47.6 Å². The Bertz CT molecular complexity index is 903. The molecule has 0 bridgehead atoms. The molecule has 0 saturated carbocycles. The Labute approximate surface area is 178 Å². The fraction of sp³-hybridized carbons (Fsp3) is 0.269. The molecule has 0 aromatic heterocycles. The molecule has 0 aliphatic carbocycles. The summed E-state index contributed by atoms with van der Waals surface area (Å²) >= 11 is 0. The van der Waals surface area contributed by atoms with Crippen LogP contribution in [0.3, 0.4) is 0 Å². The van der Waals surface area contributed by atoms with E-state index in [4.69, 9.17) is 9.47 Å². The maximum absolute atomic E-state index is 12.1. The van der Waals surface area contributed by atoms with Crippen LogP contribution in [0, 0.1) is 0 Å². The van der Waals surface area contributed by atoms with Crippen molar-refractivity contribution in [2.45, 2.75) is 32.6 Å². The fourth-order valence-corrected chi connectivity index (χ4v) is 3.04. The summed E-state index contributed by atoms with van der Waals surface area (Å²) in [5.41, 5.74) is 3.28. The Morgan fingerprint density at radius 1 is 0.833 bits per heavy atom. The molecule has 0 heterocycles. The molecule has 3 aromatic rings. The SMILES string of the molecule is CC(C)c1ccc(OCC(=O)Nc2ccc(OCCCc3ccccc3)cc2)cc1. The molecule has 3 rings (SSSR count). The smallest absolute Gasteiger partial charge is 0.262 e. The number of aryl methyl sites for hydroxylation is 1. The van der Waals surface area contributed by atoms with Crippen LogP contribution in [0.1, 0.15) is 37.3 Å². The number of amides is 1. The minimum Gasteiger partial charge on any atom is -0.494 e. The van der Waals surface area contributed by atoms with Gasteiger partial charge in [-0.3, -0.25) is 4.79 Å². The average Bonchev–Trinajstić information content (AvgIpc) is 2.77. The summed E-state index contributed by atoms with van der Waals surface area (Å²) in [6.07, 6.45) is 1.95. The molecule has 0 unspecified atom stereocenters. The molecule has 0 fully saturated rings. The number of carbonyl (C=O) groups is 1. The zero-order chi connectivity index (χ0) is 21.2. The molecule has 0 spiro atoms. The highest BCUT2D eigenvalue weighted by molar-refractivity contribution is 5.91. The van der Waals surface area contributed by atoms with Crippen LogP contribution in [0.5, 0.6) is 11.5 Å². The summed E-state index contributed by atoms with van der Waals surface area (Å²) in [5, 5.41) is 2.84. The van der Waals surface area contributed by atoms with Gasteiger partial charge in [-0.15, -0.1) is 0 Å². The molecule has 0 aliphatic rings. The van der Waals surface area contributed by atoms with Crippen LogP contribution in [0.15, 0.2) is 78.9 Å². The molecule has 1 N–H and O–H groups in total. The first kappa shape index (κ1) is 21.4. The van der Waals surface area contributed by atoms with Gasteiger partial charge in [-0.25, -0.2) is 0 Å². The lowest BCUT2D eigenvalue weighted by Gasteiger charge is -2.10. The highest BCUT2D eigenvalue weighted by Crippen LogP contribution is 2.19. The first-order valence-corrected chi connectivity index (χ1v) is 10.4. The summed E-state index contributed by atoms with van der Waals surface area (Å²) in [4.78, 5) is 12.1. The number of nitrogens with one attached hydrogen (secondary N) is 1. The minimum atomic E-state index is -0.195. The van der Waals surface area contributed by atoms with Gasteiger partial charge in [-0.2, -0.15) is 0 Å². The first-order chi connectivity index (χ1) is 14.6. The van der Waals surface area contributed by atoms with Crippen LogP contribution in [-0.2, 0) is 11.2 Å². The highest BCUT2D eigenvalue weighted by atomic mass is 16.5. The lowest BCUT2D eigenvalue weighted by Crippen LogP contribution is -2.20. The zero-order valence-electron chi connectivity index (χ0n) is 17.6. The van der Waals surface area contributed by atoms with Gasteiger partial charge < -0.3 is 14.8 Å². The van der Waals surface area contributed by atoms with Crippen molar-refractivity contribution in [1.29, 1.82) is 0 Å². The van der Waals surface area contributed by atoms with E-state index in [1.54, 1.807) is 0 Å². The van der Waals surface area contributed by atoms with E-state index in [0.717, 1.165) is 24.3 Å². The Hall–Kier alpha value is -3.27. The normalized spacial score (nSPS) is 10.6. The number of rotatable bonds is 10. The third-order valence-corrected chi connectivity index (χ3v) is 4.78. The van der Waals surface area contributed by atoms with Crippen molar-refractivity contribution < 1.29 is 14.3 Å². The summed E-state index contributed by atoms with van der Waals surface area (Å²) < 4.78 is 11.3. The van der Waals surface area contributed by atoms with E-state index >= 15 is 0 Å². The predicted octanol–water partition coefficient (Wildman–Crippen LogP) is 5.84. The van der Waals surface area contributed by atoms with E-state index in [0.29, 0.717) is 18.3 Å². The Balaban J connectivity index is 1.37. The zero-order valence-corrected chi connectivity index (χ0v) is 17.6. The third-order valence-electron chi connectivity index (χ3n) is 4.78. The van der Waals surface area contributed by atoms with Gasteiger partial charge in [0, 0.05) is 5.69 Å². The maximum Gasteiger partial charge on any atom is 0.262 e. The second kappa shape index (κ2) is 11.1. The van der Waals surface area contributed by atoms with Crippen molar-refractivity contribution >= 4 is 11.6 Å². The molecule has 1 amide bonds. The lowest BCUT2D eigenvalue weighted by atomic mass is 10.0. The molecule has 0 saturated heterocycles. The van der Waals surface area contributed by atoms with Crippen LogP contribution in [0.2, 0.25) is 0 Å². The molecule has 4 nitrogen and oxygen atoms in total. The van der Waals surface area contributed by atoms with Gasteiger partial charge in [0.25, 0.3) is 5.91 Å². The van der Waals surface area contributed by atoms with Gasteiger partial charge in [-0.1, -0.05) is 56.3 Å². The van der Waals surface area contributed by atoms with Gasteiger partial charge in [0.2, 0.25) is 0 Å². The number of ether oxygens (including phenoxy) is 2. The summed E-state index contributed by atoms with van der Waals surface area (Å²) in [6, 6.07) is 25.6. The number of carbonyl (C=O) groups excluding carboxylic acids is 1. The minimum absolute atomic E-state index is 0.0290. The standard InChI is InChI=1S/C26H29NO3/c1-20(2)22-10-14-25(15-11-22)30-19-26(28)27-23-12-16-24(17-13-23)29-18-6-9-21-7-4-3-5-8-21/h3-5,7-8,10-17,20H,6,9,18-19H2,1-2H3,(H,27,28). The van der Waals surface area contributed by atoms with Crippen LogP contribution in [0.4, 0.5) is 5.69 Å². The van der Waals surface area contributed by atoms with Crippen molar-refractivity contribution in [2.24, 2.45) is 0 Å². The summed E-state index contributed by atoms with van der Waals surface area (Å²) in [7, 11) is 0. The number of anilines is 1. The van der Waals surface area contributed by atoms with Crippen LogP contribution >= 0.6 is 0 Å². The Kier molecular flexibility index (Phi) is 7.90. The predicted molar refractivity (Wildman–Crippen MR) is 121 cm³/mol. The highest BCUT2D eigenvalue weighted by Gasteiger charge is 2.05. The molecule has 156 valence electrons. The van der Waals surface area contributed by atoms with Crippen molar-refractivity contribution in [3.8, 4) is 11.5 Å². The Morgan fingerprint density at radius 3 is 2.13 bits per heavy atom. The molecule has 0 radical (unpaired) electrons. The molecule has 4 heteroatoms. The van der Waals surface area contributed by atoms with E-state index < -0.39 is 0 Å². The Morgan fingerprint density at radius 2 is 1.47 bits per heavy atom. The summed E-state index contributed by atoms with van der Waals surface area (Å²) in [5.74, 6) is 1.76. The van der Waals surface area contributed by atoms with E-state index in [-0.39, 0.29) is 12.5 Å². The molecular weight excluding hydrogens is 374 g/mol. The number of benzene rings is 3. The monoisotopic (exact) mass is 403 g/mol. The van der Waals surface area contributed by atoms with Gasteiger partial charge in [0.15, 0.2) is 6.61 Å². The van der Waals surface area contributed by atoms with E-state index in [1.165, 1.54) is 11.1 Å². The third kappa shape index (κ3) is 6.96. The number of hydrogen-bond acceptors (Lipinski definition) is 3. The molecule has 0 atom stereocenters. The molecule has 3 aromatic carbocycles. The molecule has 0 aliphatic heterocycles. The van der Waals surface area contributed by atoms with E-state index in [2.05, 4.69) is 43.4 Å². The van der Waals surface area contributed by atoms with Crippen LogP contribution < -0.4 is 14.8 Å². The molecular formula is C26H29NO3. The number of hydrogen-bond donors (Lipinski definition) is 1. The quantitative estimate of drug-likeness (QED) is 0.433. The second-order valence-corrected chi connectivity index (χ2v) is 7.52. The first-order valence-electron chi connectivity index (χ1n) is 10.4. The molecule has 30 heavy (non-hydrogen) atoms.